The molecule has 0 aromatic carbocycles. The lowest BCUT2D eigenvalue weighted by Gasteiger charge is -2.03. The molecule has 0 aromatic rings. The smallest absolute Gasteiger partial charge is 0.149 e. The molecule has 0 amide bonds. The molecule has 0 N–H and O–H groups in total. The van der Waals surface area contributed by atoms with Gasteiger partial charge in [0.25, 0.3) is 0 Å². The Labute approximate surface area is 69.2 Å². The molecule has 0 aliphatic carbocycles. The van der Waals surface area contributed by atoms with Crippen LogP contribution < -0.4 is 0 Å². The second-order valence-electron chi connectivity index (χ2n) is 1.86. The molecule has 0 fully saturated rings. The summed E-state index contributed by atoms with van der Waals surface area (Å²) in [7, 11) is -7.42. The highest BCUT2D eigenvalue weighted by molar-refractivity contribution is 8.69. The van der Waals surface area contributed by atoms with Gasteiger partial charge in [-0.15, -0.1) is 0 Å². The molecule has 0 bridgehead atoms. The van der Waals surface area contributed by atoms with Crippen LogP contribution in [0.5, 0.6) is 0 Å². The standard InChI is InChI=1S/C3H8O5S3/c1-10(4,5)3-2-9-11(6,7)8/h2-3H2,1H3,(H,6,7,8)/p-1. The van der Waals surface area contributed by atoms with Gasteiger partial charge in [0.05, 0.1) is 5.75 Å². The van der Waals surface area contributed by atoms with Gasteiger partial charge >= 0.3 is 0 Å². The highest BCUT2D eigenvalue weighted by Gasteiger charge is 2.03. The zero-order chi connectivity index (χ0) is 9.12. The number of hydrogen-bond acceptors (Lipinski definition) is 6. The lowest BCUT2D eigenvalue weighted by atomic mass is 11.0. The van der Waals surface area contributed by atoms with E-state index in [9.17, 15) is 21.4 Å². The van der Waals surface area contributed by atoms with Gasteiger partial charge in [0.1, 0.15) is 19.0 Å². The van der Waals surface area contributed by atoms with Crippen LogP contribution in [-0.2, 0) is 19.0 Å². The summed E-state index contributed by atoms with van der Waals surface area (Å²) in [5.41, 5.74) is 0. The molecular formula is C3H7O5S3-. The van der Waals surface area contributed by atoms with Gasteiger partial charge in [0, 0.05) is 12.0 Å². The summed E-state index contributed by atoms with van der Waals surface area (Å²) in [5, 5.41) is 0. The first-order valence-electron chi connectivity index (χ1n) is 2.49. The molecule has 0 aliphatic heterocycles. The predicted molar refractivity (Wildman–Crippen MR) is 41.9 cm³/mol. The van der Waals surface area contributed by atoms with E-state index in [0.29, 0.717) is 0 Å². The molecular weight excluding hydrogens is 212 g/mol. The highest BCUT2D eigenvalue weighted by Crippen LogP contribution is 2.08. The van der Waals surface area contributed by atoms with Crippen molar-refractivity contribution in [1.82, 2.24) is 0 Å². The minimum atomic E-state index is -4.34. The Balaban J connectivity index is 3.79. The van der Waals surface area contributed by atoms with Crippen LogP contribution in [0.2, 0.25) is 0 Å². The van der Waals surface area contributed by atoms with Gasteiger partial charge in [-0.25, -0.2) is 16.8 Å². The average Bonchev–Trinajstić information content (AvgIpc) is 1.55. The predicted octanol–water partition coefficient (Wildman–Crippen LogP) is -0.776. The Kier molecular flexibility index (Phi) is 3.82. The number of sulfone groups is 1. The van der Waals surface area contributed by atoms with E-state index < -0.39 is 19.0 Å². The van der Waals surface area contributed by atoms with Crippen LogP contribution in [0, 0.1) is 0 Å². The zero-order valence-corrected chi connectivity index (χ0v) is 8.13. The zero-order valence-electron chi connectivity index (χ0n) is 5.68. The molecule has 0 rings (SSSR count). The summed E-state index contributed by atoms with van der Waals surface area (Å²) >= 11 is 0. The van der Waals surface area contributed by atoms with Gasteiger partial charge in [-0.3, -0.25) is 0 Å². The van der Waals surface area contributed by atoms with Gasteiger partial charge in [0.15, 0.2) is 0 Å². The van der Waals surface area contributed by atoms with Crippen molar-refractivity contribution in [2.45, 2.75) is 0 Å². The fourth-order valence-corrected chi connectivity index (χ4v) is 3.20. The Morgan fingerprint density at radius 1 is 1.27 bits per heavy atom. The van der Waals surface area contributed by atoms with E-state index in [1.807, 2.05) is 0 Å². The lowest BCUT2D eigenvalue weighted by molar-refractivity contribution is 0.482. The Bertz CT molecular complexity index is 266. The van der Waals surface area contributed by atoms with Crippen molar-refractivity contribution < 1.29 is 21.4 Å². The quantitative estimate of drug-likeness (QED) is 0.455. The fraction of sp³-hybridized carbons (Fsp3) is 1.00. The van der Waals surface area contributed by atoms with Gasteiger partial charge in [-0.2, -0.15) is 0 Å². The number of hydrogen-bond donors (Lipinski definition) is 0. The molecule has 0 saturated carbocycles. The van der Waals surface area contributed by atoms with Crippen molar-refractivity contribution >= 4 is 29.8 Å². The topological polar surface area (TPSA) is 91.3 Å². The first-order valence-corrected chi connectivity index (χ1v) is 7.46. The molecule has 0 spiro atoms. The van der Waals surface area contributed by atoms with Crippen LogP contribution in [0.4, 0.5) is 0 Å². The third kappa shape index (κ3) is 10.2. The summed E-state index contributed by atoms with van der Waals surface area (Å²) in [6, 6.07) is 0. The minimum absolute atomic E-state index is 0.0979. The van der Waals surface area contributed by atoms with E-state index in [0.717, 1.165) is 6.26 Å². The molecule has 0 heterocycles. The molecule has 0 aromatic heterocycles. The summed E-state index contributed by atoms with van der Waals surface area (Å²) in [4.78, 5) is 0. The molecule has 5 nitrogen and oxygen atoms in total. The maximum atomic E-state index is 10.4. The van der Waals surface area contributed by atoms with Crippen LogP contribution in [0.1, 0.15) is 0 Å². The first-order chi connectivity index (χ1) is 4.71. The van der Waals surface area contributed by atoms with E-state index >= 15 is 0 Å². The Hall–Kier alpha value is 0.210. The van der Waals surface area contributed by atoms with E-state index in [4.69, 9.17) is 0 Å². The average molecular weight is 219 g/mol. The van der Waals surface area contributed by atoms with Crippen molar-refractivity contribution in [3.63, 3.8) is 0 Å². The minimum Gasteiger partial charge on any atom is -0.739 e. The molecule has 0 aliphatic rings. The van der Waals surface area contributed by atoms with Crippen molar-refractivity contribution in [3.05, 3.63) is 0 Å². The molecule has 0 unspecified atom stereocenters. The van der Waals surface area contributed by atoms with Crippen LogP contribution in [0.15, 0.2) is 0 Å². The Morgan fingerprint density at radius 3 is 2.00 bits per heavy atom. The maximum Gasteiger partial charge on any atom is 0.149 e. The molecule has 0 saturated heterocycles. The first kappa shape index (κ1) is 11.2. The summed E-state index contributed by atoms with van der Waals surface area (Å²) in [6.07, 6.45) is 0.977. The van der Waals surface area contributed by atoms with Crippen molar-refractivity contribution in [3.8, 4) is 0 Å². The maximum absolute atomic E-state index is 10.4. The summed E-state index contributed by atoms with van der Waals surface area (Å²) < 4.78 is 50.6. The Morgan fingerprint density at radius 2 is 1.73 bits per heavy atom. The van der Waals surface area contributed by atoms with E-state index in [1.54, 1.807) is 0 Å². The van der Waals surface area contributed by atoms with E-state index in [-0.39, 0.29) is 22.3 Å². The fourth-order valence-electron chi connectivity index (χ4n) is 0.287. The highest BCUT2D eigenvalue weighted by atomic mass is 33.1. The van der Waals surface area contributed by atoms with Gasteiger partial charge in [-0.1, -0.05) is 0 Å². The largest absolute Gasteiger partial charge is 0.739 e. The molecule has 8 heteroatoms. The normalized spacial score (nSPS) is 13.3. The second kappa shape index (κ2) is 3.74. The van der Waals surface area contributed by atoms with Gasteiger partial charge < -0.3 is 4.55 Å². The van der Waals surface area contributed by atoms with E-state index in [1.165, 1.54) is 0 Å². The van der Waals surface area contributed by atoms with Crippen molar-refractivity contribution in [2.24, 2.45) is 0 Å². The number of rotatable bonds is 4. The third-order valence-electron chi connectivity index (χ3n) is 0.682. The summed E-state index contributed by atoms with van der Waals surface area (Å²) in [6.45, 7) is 0. The lowest BCUT2D eigenvalue weighted by Crippen LogP contribution is -2.06. The SMILES string of the molecule is CS(=O)(=O)CCSS(=O)(=O)[O-]. The second-order valence-corrected chi connectivity index (χ2v) is 7.51. The van der Waals surface area contributed by atoms with Crippen LogP contribution in [0.3, 0.4) is 0 Å². The third-order valence-corrected chi connectivity index (χ3v) is 3.91. The summed E-state index contributed by atoms with van der Waals surface area (Å²) in [5.74, 6) is -0.496. The van der Waals surface area contributed by atoms with Crippen molar-refractivity contribution in [1.29, 1.82) is 0 Å². The monoisotopic (exact) mass is 219 g/mol. The van der Waals surface area contributed by atoms with Crippen LogP contribution in [-0.4, -0.2) is 39.1 Å². The van der Waals surface area contributed by atoms with Crippen LogP contribution in [0.25, 0.3) is 0 Å². The van der Waals surface area contributed by atoms with Gasteiger partial charge in [-0.05, 0) is 10.8 Å². The molecule has 0 radical (unpaired) electrons. The molecule has 11 heavy (non-hydrogen) atoms. The van der Waals surface area contributed by atoms with Gasteiger partial charge in [0.2, 0.25) is 0 Å². The van der Waals surface area contributed by atoms with E-state index in [2.05, 4.69) is 0 Å². The van der Waals surface area contributed by atoms with Crippen LogP contribution >= 0.6 is 10.8 Å². The molecule has 0 atom stereocenters. The molecule has 68 valence electrons. The van der Waals surface area contributed by atoms with Crippen molar-refractivity contribution in [2.75, 3.05) is 17.8 Å².